The fourth-order valence-corrected chi connectivity index (χ4v) is 7.63. The second kappa shape index (κ2) is 8.11. The van der Waals surface area contributed by atoms with Crippen LogP contribution in [-0.2, 0) is 22.4 Å². The number of aliphatic hydroxyl groups excluding tert-OH is 2. The van der Waals surface area contributed by atoms with E-state index in [2.05, 4.69) is 19.6 Å². The van der Waals surface area contributed by atoms with Gasteiger partial charge in [-0.25, -0.2) is 0 Å². The van der Waals surface area contributed by atoms with Crippen molar-refractivity contribution in [3.8, 4) is 0 Å². The van der Waals surface area contributed by atoms with Crippen molar-refractivity contribution in [2.45, 2.75) is 57.7 Å². The van der Waals surface area contributed by atoms with Crippen molar-refractivity contribution in [1.29, 1.82) is 0 Å². The van der Waals surface area contributed by atoms with Gasteiger partial charge < -0.3 is 20.1 Å². The third-order valence-corrected chi connectivity index (χ3v) is 8.85. The predicted molar refractivity (Wildman–Crippen MR) is 118 cm³/mol. The van der Waals surface area contributed by atoms with Gasteiger partial charge in [-0.1, -0.05) is 49.8 Å². The van der Waals surface area contributed by atoms with Crippen molar-refractivity contribution in [3.63, 3.8) is 0 Å². The lowest BCUT2D eigenvalue weighted by Gasteiger charge is -2.55. The molecule has 0 spiro atoms. The number of hydrogen-bond donors (Lipinski definition) is 3. The molecular formula is C26H36O5. The molecular weight excluding hydrogens is 392 g/mol. The zero-order valence-corrected chi connectivity index (χ0v) is 18.8. The molecule has 1 aromatic rings. The first kappa shape index (κ1) is 22.7. The molecule has 3 saturated carbocycles. The average Bonchev–Trinajstić information content (AvgIpc) is 3.10. The molecule has 0 unspecified atom stereocenters. The maximum atomic E-state index is 14.1. The van der Waals surface area contributed by atoms with Crippen LogP contribution in [0.5, 0.6) is 0 Å². The van der Waals surface area contributed by atoms with E-state index in [-0.39, 0.29) is 30.8 Å². The number of aliphatic hydroxyl groups is 3. The zero-order chi connectivity index (χ0) is 22.4. The van der Waals surface area contributed by atoms with Gasteiger partial charge in [0.15, 0.2) is 5.79 Å². The number of carbonyl (C=O) groups excluding carboxylic acids is 1. The summed E-state index contributed by atoms with van der Waals surface area (Å²) in [5.74, 6) is -2.29. The van der Waals surface area contributed by atoms with Crippen molar-refractivity contribution in [2.24, 2.45) is 28.6 Å². The molecule has 0 heterocycles. The van der Waals surface area contributed by atoms with Crippen molar-refractivity contribution in [3.05, 3.63) is 47.5 Å². The van der Waals surface area contributed by atoms with Crippen LogP contribution in [0.1, 0.15) is 50.2 Å². The number of fused-ring (bicyclic) bond motifs is 1. The molecule has 0 aromatic heterocycles. The van der Waals surface area contributed by atoms with Crippen molar-refractivity contribution in [1.82, 2.24) is 0 Å². The normalized spacial score (nSPS) is 38.6. The van der Waals surface area contributed by atoms with E-state index in [0.717, 1.165) is 48.8 Å². The molecule has 5 nitrogen and oxygen atoms in total. The number of ether oxygens (including phenoxy) is 1. The first-order valence-electron chi connectivity index (χ1n) is 11.6. The van der Waals surface area contributed by atoms with Gasteiger partial charge in [0.2, 0.25) is 0 Å². The number of carbonyl (C=O) groups is 1. The summed E-state index contributed by atoms with van der Waals surface area (Å²) >= 11 is 0. The first-order valence-corrected chi connectivity index (χ1v) is 11.6. The number of rotatable bonds is 9. The van der Waals surface area contributed by atoms with Gasteiger partial charge >= 0.3 is 0 Å². The van der Waals surface area contributed by atoms with Crippen LogP contribution in [0, 0.1) is 28.6 Å². The number of hydrogen-bond acceptors (Lipinski definition) is 5. The third kappa shape index (κ3) is 2.86. The summed E-state index contributed by atoms with van der Waals surface area (Å²) in [6, 6.07) is 8.17. The molecule has 0 amide bonds. The van der Waals surface area contributed by atoms with E-state index in [1.54, 1.807) is 0 Å². The second-order valence-corrected chi connectivity index (χ2v) is 9.96. The van der Waals surface area contributed by atoms with Crippen LogP contribution in [0.25, 0.3) is 0 Å². The molecule has 170 valence electrons. The lowest BCUT2D eigenvalue weighted by molar-refractivity contribution is -0.265. The highest BCUT2D eigenvalue weighted by atomic mass is 16.6. The predicted octanol–water partition coefficient (Wildman–Crippen LogP) is 3.05. The highest BCUT2D eigenvalue weighted by Crippen LogP contribution is 2.79. The molecule has 6 atom stereocenters. The maximum absolute atomic E-state index is 14.1. The Hall–Kier alpha value is -1.53. The molecule has 5 heteroatoms. The van der Waals surface area contributed by atoms with Crippen LogP contribution in [0.15, 0.2) is 36.4 Å². The Balaban J connectivity index is 1.66. The summed E-state index contributed by atoms with van der Waals surface area (Å²) in [6.07, 6.45) is 5.04. The Morgan fingerprint density at radius 2 is 1.97 bits per heavy atom. The molecule has 0 saturated heterocycles. The van der Waals surface area contributed by atoms with E-state index < -0.39 is 22.5 Å². The summed E-state index contributed by atoms with van der Waals surface area (Å²) in [5, 5.41) is 31.1. The topological polar surface area (TPSA) is 87.0 Å². The van der Waals surface area contributed by atoms with Gasteiger partial charge in [-0.05, 0) is 55.1 Å². The summed E-state index contributed by atoms with van der Waals surface area (Å²) in [6.45, 7) is 6.50. The summed E-state index contributed by atoms with van der Waals surface area (Å²) in [7, 11) is 1.48. The minimum absolute atomic E-state index is 0.0319. The van der Waals surface area contributed by atoms with Crippen LogP contribution in [-0.4, -0.2) is 47.2 Å². The van der Waals surface area contributed by atoms with Gasteiger partial charge in [0.1, 0.15) is 5.78 Å². The lowest BCUT2D eigenvalue weighted by Crippen LogP contribution is -2.61. The average molecular weight is 429 g/mol. The van der Waals surface area contributed by atoms with E-state index in [1.165, 1.54) is 7.11 Å². The zero-order valence-electron chi connectivity index (χ0n) is 18.8. The fraction of sp³-hybridized carbons (Fsp3) is 0.654. The molecule has 3 fully saturated rings. The second-order valence-electron chi connectivity index (χ2n) is 9.96. The van der Waals surface area contributed by atoms with E-state index in [9.17, 15) is 15.0 Å². The number of methoxy groups -OCH3 is 1. The molecule has 3 N–H and O–H groups in total. The maximum Gasteiger partial charge on any atom is 0.185 e. The van der Waals surface area contributed by atoms with Crippen molar-refractivity contribution >= 4 is 5.78 Å². The Morgan fingerprint density at radius 1 is 1.26 bits per heavy atom. The monoisotopic (exact) mass is 428 g/mol. The minimum atomic E-state index is -1.61. The molecule has 1 aromatic carbocycles. The molecule has 0 radical (unpaired) electrons. The number of ketones is 1. The number of aryl methyl sites for hydroxylation is 2. The third-order valence-electron chi connectivity index (χ3n) is 8.85. The van der Waals surface area contributed by atoms with E-state index in [1.807, 2.05) is 18.2 Å². The van der Waals surface area contributed by atoms with Gasteiger partial charge in [0, 0.05) is 38.1 Å². The van der Waals surface area contributed by atoms with Gasteiger partial charge in [0.05, 0.1) is 5.41 Å². The Morgan fingerprint density at radius 3 is 2.61 bits per heavy atom. The summed E-state index contributed by atoms with van der Waals surface area (Å²) in [5.41, 5.74) is 1.53. The van der Waals surface area contributed by atoms with Crippen LogP contribution < -0.4 is 0 Å². The van der Waals surface area contributed by atoms with Crippen molar-refractivity contribution in [2.75, 3.05) is 20.3 Å². The number of benzene rings is 1. The van der Waals surface area contributed by atoms with Gasteiger partial charge in [-0.3, -0.25) is 4.79 Å². The van der Waals surface area contributed by atoms with Crippen LogP contribution in [0.2, 0.25) is 0 Å². The molecule has 0 aliphatic heterocycles. The van der Waals surface area contributed by atoms with Crippen LogP contribution in [0.4, 0.5) is 0 Å². The highest BCUT2D eigenvalue weighted by Gasteiger charge is 2.84. The summed E-state index contributed by atoms with van der Waals surface area (Å²) in [4.78, 5) is 14.1. The van der Waals surface area contributed by atoms with Gasteiger partial charge in [-0.15, -0.1) is 0 Å². The van der Waals surface area contributed by atoms with E-state index in [4.69, 9.17) is 9.84 Å². The van der Waals surface area contributed by atoms with E-state index >= 15 is 0 Å². The quantitative estimate of drug-likeness (QED) is 0.416. The molecule has 2 bridgehead atoms. The minimum Gasteiger partial charge on any atom is -0.396 e. The SMILES string of the molecule is C=C1[C@H]2[C@H](CO)[C@H]3CCC[C@]1(C)[C@@]3(C(=O)CCc1cccc(CCCO)c1)[C@]2(O)OC. The standard InChI is InChI=1S/C26H36O5/c1-17-23-20(16-28)21-10-5-13-24(17,2)25(21,26(23,30)31-3)22(29)12-11-19-8-4-7-18(15-19)9-6-14-27/h4,7-8,15,20-21,23,27-28,30H,1,5-6,9-14,16H2,2-3H3/t20-,21-,23+,24+,25-,26-/m1/s1. The molecule has 31 heavy (non-hydrogen) atoms. The highest BCUT2D eigenvalue weighted by molar-refractivity contribution is 5.90. The first-order chi connectivity index (χ1) is 14.8. The van der Waals surface area contributed by atoms with Gasteiger partial charge in [-0.2, -0.15) is 0 Å². The van der Waals surface area contributed by atoms with Gasteiger partial charge in [0.25, 0.3) is 0 Å². The molecule has 3 aliphatic carbocycles. The smallest absolute Gasteiger partial charge is 0.185 e. The van der Waals surface area contributed by atoms with Crippen molar-refractivity contribution < 1.29 is 24.9 Å². The Kier molecular flexibility index (Phi) is 5.93. The summed E-state index contributed by atoms with van der Waals surface area (Å²) < 4.78 is 5.77. The fourth-order valence-electron chi connectivity index (χ4n) is 7.63. The molecule has 3 aliphatic rings. The van der Waals surface area contributed by atoms with Crippen LogP contribution >= 0.6 is 0 Å². The Labute approximate surface area is 185 Å². The molecule has 4 rings (SSSR count). The largest absolute Gasteiger partial charge is 0.396 e. The Bertz CT molecular complexity index is 865. The van der Waals surface area contributed by atoms with Crippen LogP contribution in [0.3, 0.4) is 0 Å². The number of Topliss-reactive ketones (excluding diaryl/α,β-unsaturated/α-hetero) is 1. The van der Waals surface area contributed by atoms with E-state index in [0.29, 0.717) is 12.8 Å². The lowest BCUT2D eigenvalue weighted by atomic mass is 9.47.